The van der Waals surface area contributed by atoms with Gasteiger partial charge in [-0.3, -0.25) is 25.0 Å². The first kappa shape index (κ1) is 17.0. The van der Waals surface area contributed by atoms with E-state index in [0.29, 0.717) is 32.5 Å². The van der Waals surface area contributed by atoms with Gasteiger partial charge in [-0.2, -0.15) is 0 Å². The number of nitrogens with one attached hydrogen (secondary N) is 2. The topological polar surface area (TPSA) is 125 Å². The molecule has 2 heterocycles. The molecule has 0 aromatic rings. The number of nitrogens with zero attached hydrogens (tertiary/aromatic N) is 1. The normalized spacial score (nSPS) is 28.9. The molecule has 5 N–H and O–H groups in total. The Balaban J connectivity index is 2.32. The maximum atomic E-state index is 12.7. The maximum Gasteiger partial charge on any atom is 0.248 e. The monoisotopic (exact) mass is 312 g/mol. The Morgan fingerprint density at radius 3 is 2.55 bits per heavy atom. The Labute approximate surface area is 129 Å². The number of aldehydes is 1. The number of aliphatic hydroxyl groups is 1. The van der Waals surface area contributed by atoms with Gasteiger partial charge in [0.2, 0.25) is 11.8 Å². The molecule has 0 unspecified atom stereocenters. The highest BCUT2D eigenvalue weighted by atomic mass is 16.3. The van der Waals surface area contributed by atoms with Crippen LogP contribution in [0.5, 0.6) is 0 Å². The summed E-state index contributed by atoms with van der Waals surface area (Å²) in [5.41, 5.74) is 3.90. The first-order chi connectivity index (χ1) is 10.4. The molecule has 2 rings (SSSR count). The Bertz CT molecular complexity index is 416. The van der Waals surface area contributed by atoms with E-state index in [9.17, 15) is 19.5 Å². The highest BCUT2D eigenvalue weighted by Crippen LogP contribution is 2.22. The van der Waals surface area contributed by atoms with Crippen molar-refractivity contribution in [2.75, 3.05) is 19.6 Å². The molecule has 0 aromatic carbocycles. The van der Waals surface area contributed by atoms with Gasteiger partial charge < -0.3 is 15.7 Å². The van der Waals surface area contributed by atoms with Gasteiger partial charge in [-0.15, -0.1) is 0 Å². The fraction of sp³-hybridized carbons (Fsp3) is 0.786. The fourth-order valence-electron chi connectivity index (χ4n) is 2.93. The molecule has 124 valence electrons. The van der Waals surface area contributed by atoms with E-state index in [-0.39, 0.29) is 6.29 Å². The summed E-state index contributed by atoms with van der Waals surface area (Å²) in [4.78, 5) is 37.7. The number of nitrogens with two attached hydrogens (primary N) is 1. The second kappa shape index (κ2) is 6.82. The number of imide groups is 1. The van der Waals surface area contributed by atoms with Gasteiger partial charge in [-0.1, -0.05) is 0 Å². The van der Waals surface area contributed by atoms with Crippen LogP contribution in [0.2, 0.25) is 0 Å². The first-order valence-electron chi connectivity index (χ1n) is 7.67. The van der Waals surface area contributed by atoms with Crippen LogP contribution < -0.4 is 16.4 Å². The predicted octanol–water partition coefficient (Wildman–Crippen LogP) is -2.06. The largest absolute Gasteiger partial charge is 0.389 e. The van der Waals surface area contributed by atoms with E-state index in [2.05, 4.69) is 10.6 Å². The zero-order valence-electron chi connectivity index (χ0n) is 12.7. The van der Waals surface area contributed by atoms with E-state index < -0.39 is 35.5 Å². The molecular weight excluding hydrogens is 288 g/mol. The lowest BCUT2D eigenvalue weighted by atomic mass is 9.98. The van der Waals surface area contributed by atoms with Gasteiger partial charge in [0.15, 0.2) is 11.9 Å². The van der Waals surface area contributed by atoms with E-state index >= 15 is 0 Å². The lowest BCUT2D eigenvalue weighted by molar-refractivity contribution is -0.163. The summed E-state index contributed by atoms with van der Waals surface area (Å²) in [7, 11) is 0. The van der Waals surface area contributed by atoms with E-state index in [1.807, 2.05) is 0 Å². The number of rotatable bonds is 5. The lowest BCUT2D eigenvalue weighted by Crippen LogP contribution is -2.70. The quantitative estimate of drug-likeness (QED) is 0.261. The van der Waals surface area contributed by atoms with Gasteiger partial charge in [-0.05, 0) is 39.3 Å². The molecule has 4 atom stereocenters. The Kier molecular flexibility index (Phi) is 5.28. The van der Waals surface area contributed by atoms with Crippen LogP contribution in [0.1, 0.15) is 26.2 Å². The molecule has 0 saturated carbocycles. The molecule has 0 bridgehead atoms. The lowest BCUT2D eigenvalue weighted by Gasteiger charge is -2.39. The zero-order chi connectivity index (χ0) is 16.3. The average molecular weight is 312 g/mol. The van der Waals surface area contributed by atoms with Gasteiger partial charge in [0.1, 0.15) is 0 Å². The molecule has 2 aliphatic rings. The molecule has 2 aliphatic heterocycles. The van der Waals surface area contributed by atoms with Crippen LogP contribution in [0.15, 0.2) is 0 Å². The van der Waals surface area contributed by atoms with Crippen molar-refractivity contribution in [2.24, 2.45) is 11.7 Å². The highest BCUT2D eigenvalue weighted by molar-refractivity contribution is 6.02. The van der Waals surface area contributed by atoms with E-state index in [1.54, 1.807) is 0 Å². The average Bonchev–Trinajstić information content (AvgIpc) is 3.19. The molecule has 2 saturated heterocycles. The van der Waals surface area contributed by atoms with Crippen LogP contribution in [0.25, 0.3) is 0 Å². The summed E-state index contributed by atoms with van der Waals surface area (Å²) >= 11 is 0. The van der Waals surface area contributed by atoms with Gasteiger partial charge in [0.05, 0.1) is 18.1 Å². The molecule has 8 nitrogen and oxygen atoms in total. The van der Waals surface area contributed by atoms with Crippen LogP contribution in [0, 0.1) is 5.92 Å². The molecule has 0 radical (unpaired) electrons. The Hall–Kier alpha value is -1.35. The number of hydrogen-bond donors (Lipinski definition) is 4. The summed E-state index contributed by atoms with van der Waals surface area (Å²) in [6.45, 7) is 3.09. The SMILES string of the molecule is C[C@@H](O)[C@@](N)(C=O)N(C(=O)[C@@H]1CCNC1)C(=O)[C@@H]1CCCN1. The standard InChI is InChI=1S/C14H24N4O4/c1-9(20)14(15,8-19)18(12(21)10-4-6-16-7-10)13(22)11-3-2-5-17-11/h8-11,16-17,20H,2-7,15H2,1H3/t9-,10-,11+,14-/m1/s1. The predicted molar refractivity (Wildman–Crippen MR) is 78.5 cm³/mol. The Morgan fingerprint density at radius 1 is 1.36 bits per heavy atom. The van der Waals surface area contributed by atoms with Crippen LogP contribution in [-0.4, -0.2) is 65.5 Å². The maximum absolute atomic E-state index is 12.7. The minimum Gasteiger partial charge on any atom is -0.389 e. The number of amides is 2. The van der Waals surface area contributed by atoms with Crippen molar-refractivity contribution in [3.8, 4) is 0 Å². The molecule has 2 amide bonds. The van der Waals surface area contributed by atoms with Crippen molar-refractivity contribution in [3.05, 3.63) is 0 Å². The second-order valence-corrected chi connectivity index (χ2v) is 6.03. The van der Waals surface area contributed by atoms with Crippen molar-refractivity contribution in [3.63, 3.8) is 0 Å². The number of hydrogen-bond acceptors (Lipinski definition) is 7. The summed E-state index contributed by atoms with van der Waals surface area (Å²) in [6, 6.07) is -0.542. The third kappa shape index (κ3) is 3.05. The third-order valence-corrected chi connectivity index (χ3v) is 4.45. The number of aliphatic hydroxyl groups excluding tert-OH is 1. The fourth-order valence-corrected chi connectivity index (χ4v) is 2.93. The smallest absolute Gasteiger partial charge is 0.248 e. The van der Waals surface area contributed by atoms with Crippen molar-refractivity contribution >= 4 is 18.1 Å². The molecule has 2 fully saturated rings. The first-order valence-corrected chi connectivity index (χ1v) is 7.67. The van der Waals surface area contributed by atoms with E-state index in [4.69, 9.17) is 5.73 Å². The van der Waals surface area contributed by atoms with Crippen LogP contribution in [0.4, 0.5) is 0 Å². The molecule has 0 aromatic heterocycles. The highest BCUT2D eigenvalue weighted by Gasteiger charge is 2.48. The van der Waals surface area contributed by atoms with E-state index in [0.717, 1.165) is 11.3 Å². The van der Waals surface area contributed by atoms with Crippen LogP contribution in [-0.2, 0) is 14.4 Å². The van der Waals surface area contributed by atoms with Crippen molar-refractivity contribution < 1.29 is 19.5 Å². The summed E-state index contributed by atoms with van der Waals surface area (Å²) in [6.07, 6.45) is 0.908. The summed E-state index contributed by atoms with van der Waals surface area (Å²) in [5, 5.41) is 15.9. The summed E-state index contributed by atoms with van der Waals surface area (Å²) in [5.74, 6) is -1.45. The van der Waals surface area contributed by atoms with Crippen molar-refractivity contribution in [1.29, 1.82) is 0 Å². The molecule has 0 spiro atoms. The number of carbonyl (C=O) groups excluding carboxylic acids is 3. The van der Waals surface area contributed by atoms with Crippen molar-refractivity contribution in [2.45, 2.75) is 44.0 Å². The van der Waals surface area contributed by atoms with Crippen molar-refractivity contribution in [1.82, 2.24) is 15.5 Å². The van der Waals surface area contributed by atoms with Gasteiger partial charge in [0, 0.05) is 6.54 Å². The summed E-state index contributed by atoms with van der Waals surface area (Å²) < 4.78 is 0. The second-order valence-electron chi connectivity index (χ2n) is 6.03. The van der Waals surface area contributed by atoms with Gasteiger partial charge >= 0.3 is 0 Å². The molecule has 8 heteroatoms. The Morgan fingerprint density at radius 2 is 2.09 bits per heavy atom. The zero-order valence-corrected chi connectivity index (χ0v) is 12.7. The minimum absolute atomic E-state index is 0.283. The molecule has 22 heavy (non-hydrogen) atoms. The van der Waals surface area contributed by atoms with Crippen LogP contribution in [0.3, 0.4) is 0 Å². The third-order valence-electron chi connectivity index (χ3n) is 4.45. The molecule has 0 aliphatic carbocycles. The molecular formula is C14H24N4O4. The van der Waals surface area contributed by atoms with Crippen LogP contribution >= 0.6 is 0 Å². The van der Waals surface area contributed by atoms with Gasteiger partial charge in [-0.25, -0.2) is 0 Å². The van der Waals surface area contributed by atoms with Gasteiger partial charge in [0.25, 0.3) is 0 Å². The van der Waals surface area contributed by atoms with E-state index in [1.165, 1.54) is 6.92 Å². The minimum atomic E-state index is -2.04. The number of carbonyl (C=O) groups is 3.